The summed E-state index contributed by atoms with van der Waals surface area (Å²) in [5, 5.41) is 0.783. The number of nitrogens with one attached hydrogen (secondary N) is 1. The van der Waals surface area contributed by atoms with E-state index in [1.807, 2.05) is 24.6 Å². The molecule has 3 rings (SSSR count). The third kappa shape index (κ3) is 2.51. The number of hydrogen-bond donors (Lipinski definition) is 1. The maximum Gasteiger partial charge on any atom is 0.146 e. The Morgan fingerprint density at radius 2 is 2.11 bits per heavy atom. The molecule has 102 valence electrons. The Labute approximate surface area is 117 Å². The average molecular weight is 278 g/mol. The van der Waals surface area contributed by atoms with Gasteiger partial charge in [-0.15, -0.1) is 11.8 Å². The van der Waals surface area contributed by atoms with E-state index in [9.17, 15) is 4.39 Å². The van der Waals surface area contributed by atoms with Gasteiger partial charge in [0, 0.05) is 28.5 Å². The number of benzene rings is 1. The Bertz CT molecular complexity index is 573. The summed E-state index contributed by atoms with van der Waals surface area (Å²) in [5.74, 6) is -0.0670. The molecule has 1 aliphatic rings. The second-order valence-electron chi connectivity index (χ2n) is 5.12. The van der Waals surface area contributed by atoms with Crippen molar-refractivity contribution in [3.05, 3.63) is 29.7 Å². The summed E-state index contributed by atoms with van der Waals surface area (Å²) in [7, 11) is 0. The predicted octanol–water partition coefficient (Wildman–Crippen LogP) is 3.67. The molecule has 0 saturated carbocycles. The van der Waals surface area contributed by atoms with E-state index in [2.05, 4.69) is 9.88 Å². The minimum atomic E-state index is -0.0670. The molecule has 0 radical (unpaired) electrons. The number of halogens is 1. The molecule has 0 spiro atoms. The van der Waals surface area contributed by atoms with E-state index in [1.54, 1.807) is 0 Å². The number of fused-ring (bicyclic) bond motifs is 1. The van der Waals surface area contributed by atoms with E-state index in [0.717, 1.165) is 34.3 Å². The zero-order chi connectivity index (χ0) is 13.2. The molecule has 0 aliphatic carbocycles. The van der Waals surface area contributed by atoms with Crippen LogP contribution in [0.4, 0.5) is 4.39 Å². The van der Waals surface area contributed by atoms with Gasteiger partial charge < -0.3 is 9.88 Å². The fraction of sp³-hybridized carbons (Fsp3) is 0.467. The van der Waals surface area contributed by atoms with Crippen LogP contribution < -0.4 is 0 Å². The van der Waals surface area contributed by atoms with Crippen molar-refractivity contribution in [3.63, 3.8) is 0 Å². The van der Waals surface area contributed by atoms with E-state index < -0.39 is 0 Å². The molecular weight excluding hydrogens is 259 g/mol. The molecular formula is C15H19FN2S. The van der Waals surface area contributed by atoms with Gasteiger partial charge >= 0.3 is 0 Å². The smallest absolute Gasteiger partial charge is 0.146 e. The van der Waals surface area contributed by atoms with Crippen LogP contribution in [-0.4, -0.2) is 35.8 Å². The number of aromatic amines is 1. The van der Waals surface area contributed by atoms with Crippen molar-refractivity contribution in [2.24, 2.45) is 0 Å². The first kappa shape index (κ1) is 13.0. The van der Waals surface area contributed by atoms with Crippen molar-refractivity contribution >= 4 is 22.7 Å². The summed E-state index contributed by atoms with van der Waals surface area (Å²) in [6.45, 7) is 3.43. The normalized spacial score (nSPS) is 16.5. The molecule has 0 atom stereocenters. The number of aromatic nitrogens is 1. The van der Waals surface area contributed by atoms with Crippen LogP contribution in [0, 0.1) is 5.82 Å². The van der Waals surface area contributed by atoms with Crippen LogP contribution in [0.5, 0.6) is 0 Å². The van der Waals surface area contributed by atoms with Gasteiger partial charge in [0.15, 0.2) is 0 Å². The molecule has 0 bridgehead atoms. The summed E-state index contributed by atoms with van der Waals surface area (Å²) in [6, 6.07) is 3.83. The molecule has 1 aromatic heterocycles. The molecule has 1 aromatic carbocycles. The van der Waals surface area contributed by atoms with Gasteiger partial charge in [0.1, 0.15) is 5.82 Å². The van der Waals surface area contributed by atoms with Crippen LogP contribution in [0.1, 0.15) is 18.4 Å². The highest BCUT2D eigenvalue weighted by molar-refractivity contribution is 7.98. The second-order valence-corrected chi connectivity index (χ2v) is 5.97. The molecule has 2 nitrogen and oxygen atoms in total. The van der Waals surface area contributed by atoms with Crippen LogP contribution in [0.3, 0.4) is 0 Å². The maximum atomic E-state index is 14.4. The third-order valence-corrected chi connectivity index (χ3v) is 4.70. The summed E-state index contributed by atoms with van der Waals surface area (Å²) < 4.78 is 14.4. The van der Waals surface area contributed by atoms with Crippen molar-refractivity contribution in [1.29, 1.82) is 0 Å². The van der Waals surface area contributed by atoms with Gasteiger partial charge in [-0.25, -0.2) is 4.39 Å². The minimum Gasteiger partial charge on any atom is -0.361 e. The lowest BCUT2D eigenvalue weighted by Gasteiger charge is -2.13. The van der Waals surface area contributed by atoms with E-state index in [0.29, 0.717) is 0 Å². The number of nitrogens with zero attached hydrogens (tertiary/aromatic N) is 1. The highest BCUT2D eigenvalue weighted by atomic mass is 32.2. The number of likely N-dealkylation sites (tertiary alicyclic amines) is 1. The Kier molecular flexibility index (Phi) is 3.80. The monoisotopic (exact) mass is 278 g/mol. The Balaban J connectivity index is 1.86. The molecule has 0 amide bonds. The highest BCUT2D eigenvalue weighted by Crippen LogP contribution is 2.29. The lowest BCUT2D eigenvalue weighted by molar-refractivity contribution is 0.344. The van der Waals surface area contributed by atoms with E-state index in [4.69, 9.17) is 0 Å². The van der Waals surface area contributed by atoms with Crippen molar-refractivity contribution in [2.45, 2.75) is 24.2 Å². The van der Waals surface area contributed by atoms with Gasteiger partial charge in [-0.3, -0.25) is 0 Å². The number of hydrogen-bond acceptors (Lipinski definition) is 2. The van der Waals surface area contributed by atoms with E-state index in [1.165, 1.54) is 37.7 Å². The summed E-state index contributed by atoms with van der Waals surface area (Å²) in [5.41, 5.74) is 2.02. The lowest BCUT2D eigenvalue weighted by Crippen LogP contribution is -2.21. The van der Waals surface area contributed by atoms with Crippen LogP contribution >= 0.6 is 11.8 Å². The summed E-state index contributed by atoms with van der Waals surface area (Å²) in [6.07, 6.45) is 7.42. The van der Waals surface area contributed by atoms with Gasteiger partial charge in [0.25, 0.3) is 0 Å². The quantitative estimate of drug-likeness (QED) is 0.861. The van der Waals surface area contributed by atoms with Gasteiger partial charge in [-0.05, 0) is 56.3 Å². The van der Waals surface area contributed by atoms with Crippen molar-refractivity contribution in [3.8, 4) is 0 Å². The molecule has 0 unspecified atom stereocenters. The number of rotatable bonds is 4. The highest BCUT2D eigenvalue weighted by Gasteiger charge is 2.15. The van der Waals surface area contributed by atoms with Crippen LogP contribution in [0.15, 0.2) is 23.2 Å². The lowest BCUT2D eigenvalue weighted by atomic mass is 10.1. The minimum absolute atomic E-state index is 0.0670. The topological polar surface area (TPSA) is 19.0 Å². The molecule has 1 fully saturated rings. The molecule has 19 heavy (non-hydrogen) atoms. The third-order valence-electron chi connectivity index (χ3n) is 3.95. The molecule has 1 aliphatic heterocycles. The fourth-order valence-corrected chi connectivity index (χ4v) is 3.35. The van der Waals surface area contributed by atoms with Gasteiger partial charge in [0.05, 0.1) is 0 Å². The molecule has 4 heteroatoms. The molecule has 1 N–H and O–H groups in total. The largest absolute Gasteiger partial charge is 0.361 e. The van der Waals surface area contributed by atoms with Crippen LogP contribution in [0.2, 0.25) is 0 Å². The van der Waals surface area contributed by atoms with Gasteiger partial charge in [0.2, 0.25) is 0 Å². The second kappa shape index (κ2) is 5.55. The SMILES string of the molecule is CSc1ccc2[nH]cc(CCN3CCCC3)c2c1F. The maximum absolute atomic E-state index is 14.4. The Morgan fingerprint density at radius 3 is 2.84 bits per heavy atom. The fourth-order valence-electron chi connectivity index (χ4n) is 2.87. The predicted molar refractivity (Wildman–Crippen MR) is 79.4 cm³/mol. The van der Waals surface area contributed by atoms with Crippen LogP contribution in [-0.2, 0) is 6.42 Å². The first-order valence-corrected chi connectivity index (χ1v) is 8.07. The first-order valence-electron chi connectivity index (χ1n) is 6.84. The Hall–Kier alpha value is -1.00. The molecule has 1 saturated heterocycles. The van der Waals surface area contributed by atoms with Gasteiger partial charge in [-0.1, -0.05) is 0 Å². The van der Waals surface area contributed by atoms with Gasteiger partial charge in [-0.2, -0.15) is 0 Å². The van der Waals surface area contributed by atoms with E-state index in [-0.39, 0.29) is 5.82 Å². The molecule has 2 heterocycles. The first-order chi connectivity index (χ1) is 9.29. The zero-order valence-electron chi connectivity index (χ0n) is 11.2. The summed E-state index contributed by atoms with van der Waals surface area (Å²) in [4.78, 5) is 6.39. The van der Waals surface area contributed by atoms with Crippen molar-refractivity contribution < 1.29 is 4.39 Å². The average Bonchev–Trinajstić information content (AvgIpc) is 3.06. The molecule has 2 aromatic rings. The van der Waals surface area contributed by atoms with E-state index >= 15 is 0 Å². The van der Waals surface area contributed by atoms with Crippen molar-refractivity contribution in [2.75, 3.05) is 25.9 Å². The summed E-state index contributed by atoms with van der Waals surface area (Å²) >= 11 is 1.47. The standard InChI is InChI=1S/C15H19FN2S/c1-19-13-5-4-12-14(15(13)16)11(10-17-12)6-9-18-7-2-3-8-18/h4-5,10,17H,2-3,6-9H2,1H3. The zero-order valence-corrected chi connectivity index (χ0v) is 12.0. The van der Waals surface area contributed by atoms with Crippen LogP contribution in [0.25, 0.3) is 10.9 Å². The van der Waals surface area contributed by atoms with Crippen molar-refractivity contribution in [1.82, 2.24) is 9.88 Å². The number of thioether (sulfide) groups is 1. The Morgan fingerprint density at radius 1 is 1.32 bits per heavy atom. The number of H-pyrrole nitrogens is 1.